The van der Waals surface area contributed by atoms with Gasteiger partial charge in [0, 0.05) is 73.1 Å². The third-order valence-corrected chi connectivity index (χ3v) is 15.8. The standard InChI is InChI=1S/C52H52ClF4N9O7.C2H3N.C2H6/c1-5-29-30-19-28(8-9-36(30)59-42-33(29)22-66-37(42)21-31-34(48(66)69)23-71-49(70)45(31)67)73-27(4)26(3)47(68)64-16-14-63(15-17-64)46-32-20-35(53)39(44-40(52(55,56)57)25(2)18-38(58)60-44)41(54)43(32)61-50(62-46)72-24-51-10-6-12-65(51)13-7-11-51;1-2-3;1-2/h8-9,18-21,27,42,45,59,67H,3,5-7,10-17,22-24H2,1-2,4H3,(H2,58,60);1H3;1-2H3. The van der Waals surface area contributed by atoms with Crippen LogP contribution in [0.15, 0.2) is 58.9 Å². The molecule has 0 bridgehead atoms. The Bertz CT molecular complexity index is 3380. The fourth-order valence-corrected chi connectivity index (χ4v) is 12.1. The maximum absolute atomic E-state index is 17.1. The second-order valence-electron chi connectivity index (χ2n) is 19.9. The number of aryl methyl sites for hydroxylation is 1. The summed E-state index contributed by atoms with van der Waals surface area (Å²) in [6, 6.07) is 10.9. The van der Waals surface area contributed by atoms with Crippen LogP contribution in [-0.4, -0.2) is 104 Å². The number of rotatable bonds is 10. The van der Waals surface area contributed by atoms with Crippen molar-refractivity contribution in [2.24, 2.45) is 0 Å². The average Bonchev–Trinajstić information content (AvgIpc) is 4.23. The first kappa shape index (κ1) is 55.5. The lowest BCUT2D eigenvalue weighted by molar-refractivity contribution is -0.157. The SMILES string of the molecule is C=C(C(=O)N1CCN(c2nc(OCC34CCCN3CCC4)nc3c(F)c(-c4nc(N)cc(C)c4C(F)(F)F)c(Cl)cc23)CC1)C(C)Oc1ccc2c(c1)C(CC)=C1Cn3c(cc4c(c3=O)COC(=O)C4O)C1N2.CC.CC#N. The van der Waals surface area contributed by atoms with Gasteiger partial charge in [-0.2, -0.15) is 28.4 Å². The maximum atomic E-state index is 17.1. The van der Waals surface area contributed by atoms with Crippen LogP contribution in [0.5, 0.6) is 11.8 Å². The number of carbonyl (C=O) groups is 2. The summed E-state index contributed by atoms with van der Waals surface area (Å²) in [6.45, 7) is 17.6. The van der Waals surface area contributed by atoms with Crippen molar-refractivity contribution in [2.75, 3.05) is 61.8 Å². The van der Waals surface area contributed by atoms with Gasteiger partial charge < -0.3 is 44.7 Å². The number of nitriles is 1. The number of aromatic nitrogens is 4. The number of anilines is 3. The molecular weight excluding hydrogens is 1040 g/mol. The number of pyridine rings is 2. The van der Waals surface area contributed by atoms with E-state index < -0.39 is 47.0 Å². The summed E-state index contributed by atoms with van der Waals surface area (Å²) in [5, 5.41) is 21.2. The number of hydrogen-bond donors (Lipinski definition) is 3. The molecule has 0 saturated carbocycles. The number of ether oxygens (including phenoxy) is 3. The van der Waals surface area contributed by atoms with Gasteiger partial charge in [0.2, 0.25) is 0 Å². The molecule has 17 nitrogen and oxygen atoms in total. The van der Waals surface area contributed by atoms with Crippen LogP contribution in [0.4, 0.5) is 34.9 Å². The summed E-state index contributed by atoms with van der Waals surface area (Å²) >= 11 is 6.73. The van der Waals surface area contributed by atoms with Crippen molar-refractivity contribution in [3.63, 3.8) is 0 Å². The Hall–Kier alpha value is -7.28. The summed E-state index contributed by atoms with van der Waals surface area (Å²) < 4.78 is 80.2. The number of nitrogens with one attached hydrogen (secondary N) is 1. The number of nitrogen functional groups attached to an aromatic ring is 1. The summed E-state index contributed by atoms with van der Waals surface area (Å²) in [5.41, 5.74) is 7.34. The minimum Gasteiger partial charge on any atom is -0.486 e. The maximum Gasteiger partial charge on any atom is 0.418 e. The van der Waals surface area contributed by atoms with Gasteiger partial charge >= 0.3 is 18.2 Å². The molecule has 22 heteroatoms. The largest absolute Gasteiger partial charge is 0.486 e. The number of piperazine rings is 1. The number of benzene rings is 2. The van der Waals surface area contributed by atoms with E-state index in [1.54, 1.807) is 34.6 Å². The van der Waals surface area contributed by atoms with Crippen molar-refractivity contribution >= 4 is 57.3 Å². The fraction of sp³-hybridized carbons (Fsp3) is 0.446. The van der Waals surface area contributed by atoms with Crippen LogP contribution < -0.4 is 31.0 Å². The van der Waals surface area contributed by atoms with E-state index in [1.165, 1.54) is 19.9 Å². The molecule has 4 N–H and O–H groups in total. The highest BCUT2D eigenvalue weighted by Crippen LogP contribution is 2.48. The molecule has 3 unspecified atom stereocenters. The van der Waals surface area contributed by atoms with E-state index in [1.807, 2.05) is 37.8 Å². The first-order valence-corrected chi connectivity index (χ1v) is 26.5. The Balaban J connectivity index is 0.00000143. The number of allylic oxidation sites excluding steroid dienone is 1. The van der Waals surface area contributed by atoms with Crippen molar-refractivity contribution in [1.29, 1.82) is 5.26 Å². The molecule has 0 radical (unpaired) electrons. The molecule has 78 heavy (non-hydrogen) atoms. The number of aliphatic hydroxyl groups is 1. The summed E-state index contributed by atoms with van der Waals surface area (Å²) in [6.07, 6.45) is -2.74. The molecule has 3 saturated heterocycles. The second kappa shape index (κ2) is 21.9. The van der Waals surface area contributed by atoms with Gasteiger partial charge in [-0.3, -0.25) is 14.5 Å². The van der Waals surface area contributed by atoms with E-state index >= 15 is 4.39 Å². The Morgan fingerprint density at radius 2 is 1.77 bits per heavy atom. The van der Waals surface area contributed by atoms with E-state index in [-0.39, 0.29) is 118 Å². The molecule has 3 aromatic heterocycles. The predicted molar refractivity (Wildman–Crippen MR) is 286 cm³/mol. The number of amides is 1. The van der Waals surface area contributed by atoms with Crippen molar-refractivity contribution < 1.29 is 46.5 Å². The Morgan fingerprint density at radius 3 is 2.44 bits per heavy atom. The van der Waals surface area contributed by atoms with Crippen LogP contribution in [0.3, 0.4) is 0 Å². The molecule has 1 amide bonds. The molecule has 412 valence electrons. The molecule has 3 fully saturated rings. The fourth-order valence-electron chi connectivity index (χ4n) is 11.8. The number of nitrogens with zero attached hydrogens (tertiary/aromatic N) is 8. The second-order valence-corrected chi connectivity index (χ2v) is 20.3. The van der Waals surface area contributed by atoms with Gasteiger partial charge in [0.1, 0.15) is 42.2 Å². The number of cyclic esters (lactones) is 1. The van der Waals surface area contributed by atoms with Gasteiger partial charge in [0.25, 0.3) is 11.5 Å². The van der Waals surface area contributed by atoms with Crippen molar-refractivity contribution in [3.8, 4) is 29.1 Å². The number of esters is 1. The first-order valence-electron chi connectivity index (χ1n) is 26.1. The zero-order valence-corrected chi connectivity index (χ0v) is 45.0. The zero-order valence-electron chi connectivity index (χ0n) is 44.2. The molecule has 0 aliphatic carbocycles. The lowest BCUT2D eigenvalue weighted by Crippen LogP contribution is -2.50. The van der Waals surface area contributed by atoms with E-state index in [0.29, 0.717) is 24.4 Å². The van der Waals surface area contributed by atoms with Gasteiger partial charge in [-0.1, -0.05) is 39.0 Å². The summed E-state index contributed by atoms with van der Waals surface area (Å²) in [7, 11) is 0. The van der Waals surface area contributed by atoms with Crippen LogP contribution in [0, 0.1) is 24.1 Å². The number of nitrogens with two attached hydrogens (primary N) is 1. The zero-order chi connectivity index (χ0) is 56.1. The van der Waals surface area contributed by atoms with E-state index in [9.17, 15) is 32.7 Å². The minimum atomic E-state index is -4.92. The smallest absolute Gasteiger partial charge is 0.418 e. The number of alkyl halides is 3. The third kappa shape index (κ3) is 9.87. The summed E-state index contributed by atoms with van der Waals surface area (Å²) in [4.78, 5) is 59.0. The van der Waals surface area contributed by atoms with Crippen molar-refractivity contribution in [3.05, 3.63) is 109 Å². The first-order chi connectivity index (χ1) is 37.3. The van der Waals surface area contributed by atoms with Crippen LogP contribution in [-0.2, 0) is 33.7 Å². The third-order valence-electron chi connectivity index (χ3n) is 15.5. The lowest BCUT2D eigenvalue weighted by Gasteiger charge is -2.37. The molecule has 0 spiro atoms. The van der Waals surface area contributed by atoms with Crippen molar-refractivity contribution in [2.45, 2.75) is 117 Å². The highest BCUT2D eigenvalue weighted by atomic mass is 35.5. The van der Waals surface area contributed by atoms with Crippen LogP contribution >= 0.6 is 11.6 Å². The normalized spacial score (nSPS) is 19.3. The van der Waals surface area contributed by atoms with Gasteiger partial charge in [0.05, 0.1) is 45.1 Å². The number of fused-ring (bicyclic) bond motifs is 7. The Morgan fingerprint density at radius 1 is 1.08 bits per heavy atom. The lowest BCUT2D eigenvalue weighted by atomic mass is 9.88. The van der Waals surface area contributed by atoms with E-state index in [0.717, 1.165) is 67.2 Å². The number of aliphatic hydroxyl groups excluding tert-OH is 1. The van der Waals surface area contributed by atoms with Gasteiger partial charge in [-0.15, -0.1) is 0 Å². The molecule has 11 rings (SSSR count). The molecule has 6 aliphatic rings. The van der Waals surface area contributed by atoms with Crippen LogP contribution in [0.2, 0.25) is 5.02 Å². The quantitative estimate of drug-likeness (QED) is 0.0675. The Labute approximate surface area is 453 Å². The van der Waals surface area contributed by atoms with Gasteiger partial charge in [0.15, 0.2) is 11.9 Å². The minimum absolute atomic E-state index is 0.135. The topological polar surface area (TPSA) is 214 Å². The van der Waals surface area contributed by atoms with E-state index in [4.69, 9.17) is 41.8 Å². The highest BCUT2D eigenvalue weighted by Gasteiger charge is 2.46. The van der Waals surface area contributed by atoms with Crippen LogP contribution in [0.1, 0.15) is 112 Å². The van der Waals surface area contributed by atoms with Crippen LogP contribution in [0.25, 0.3) is 27.7 Å². The summed E-state index contributed by atoms with van der Waals surface area (Å²) in [5.74, 6) is -1.78. The number of hydrogen-bond acceptors (Lipinski definition) is 15. The number of halogens is 5. The molecule has 9 heterocycles. The molecule has 3 atom stereocenters. The molecule has 6 aliphatic heterocycles. The highest BCUT2D eigenvalue weighted by molar-refractivity contribution is 6.34. The molecule has 5 aromatic rings. The molecule has 2 aromatic carbocycles. The molecular formula is C56H61ClF4N10O7. The Kier molecular flexibility index (Phi) is 15.5. The van der Waals surface area contributed by atoms with Gasteiger partial charge in [-0.05, 0) is 112 Å². The average molecular weight is 1100 g/mol. The van der Waals surface area contributed by atoms with E-state index in [2.05, 4.69) is 26.8 Å². The van der Waals surface area contributed by atoms with Gasteiger partial charge in [-0.25, -0.2) is 14.2 Å². The van der Waals surface area contributed by atoms with Crippen molar-refractivity contribution in [1.82, 2.24) is 29.3 Å². The predicted octanol–water partition coefficient (Wildman–Crippen LogP) is 9.23. The monoisotopic (exact) mass is 1100 g/mol. The number of carbonyl (C=O) groups excluding carboxylic acids is 2.